The van der Waals surface area contributed by atoms with Crippen molar-refractivity contribution in [2.75, 3.05) is 13.6 Å². The Bertz CT molecular complexity index is 638. The van der Waals surface area contributed by atoms with Crippen LogP contribution in [0.4, 0.5) is 0 Å². The van der Waals surface area contributed by atoms with Crippen LogP contribution in [-0.4, -0.2) is 35.2 Å². The summed E-state index contributed by atoms with van der Waals surface area (Å²) in [6.45, 7) is 0.440. The van der Waals surface area contributed by atoms with Crippen molar-refractivity contribution in [3.05, 3.63) is 29.4 Å². The Labute approximate surface area is 121 Å². The van der Waals surface area contributed by atoms with Gasteiger partial charge in [0.2, 0.25) is 11.8 Å². The maximum atomic E-state index is 11.6. The Morgan fingerprint density at radius 3 is 2.90 bits per heavy atom. The van der Waals surface area contributed by atoms with Gasteiger partial charge in [-0.25, -0.2) is 0 Å². The van der Waals surface area contributed by atoms with E-state index in [-0.39, 0.29) is 24.8 Å². The summed E-state index contributed by atoms with van der Waals surface area (Å²) >= 11 is 5.90. The molecule has 6 nitrogen and oxygen atoms in total. The number of aromatic nitrogens is 2. The number of rotatable bonds is 5. The van der Waals surface area contributed by atoms with E-state index in [1.54, 1.807) is 16.9 Å². The van der Waals surface area contributed by atoms with Gasteiger partial charge in [0.05, 0.1) is 24.8 Å². The number of nitrogens with zero attached hydrogens (tertiary/aromatic N) is 2. The average Bonchev–Trinajstić information content (AvgIpc) is 2.84. The van der Waals surface area contributed by atoms with Crippen molar-refractivity contribution in [3.63, 3.8) is 0 Å². The molecule has 0 saturated heterocycles. The highest BCUT2D eigenvalue weighted by Crippen LogP contribution is 2.18. The number of hydrogen-bond acceptors (Lipinski definition) is 3. The Morgan fingerprint density at radius 2 is 2.15 bits per heavy atom. The van der Waals surface area contributed by atoms with Crippen molar-refractivity contribution in [1.82, 2.24) is 20.4 Å². The number of hydrogen-bond donors (Lipinski definition) is 2. The van der Waals surface area contributed by atoms with Gasteiger partial charge < -0.3 is 10.6 Å². The fourth-order valence-electron chi connectivity index (χ4n) is 1.80. The van der Waals surface area contributed by atoms with Crippen molar-refractivity contribution in [2.45, 2.75) is 13.0 Å². The van der Waals surface area contributed by atoms with Gasteiger partial charge in [-0.3, -0.25) is 14.3 Å². The third-order valence-electron chi connectivity index (χ3n) is 2.88. The van der Waals surface area contributed by atoms with Crippen molar-refractivity contribution < 1.29 is 9.59 Å². The van der Waals surface area contributed by atoms with Gasteiger partial charge in [0.25, 0.3) is 0 Å². The molecule has 1 aromatic heterocycles. The highest BCUT2D eigenvalue weighted by molar-refractivity contribution is 6.31. The molecule has 106 valence electrons. The highest BCUT2D eigenvalue weighted by atomic mass is 35.5. The van der Waals surface area contributed by atoms with Crippen LogP contribution in [0.15, 0.2) is 24.4 Å². The predicted octanol–water partition coefficient (Wildman–Crippen LogP) is 0.942. The van der Waals surface area contributed by atoms with Gasteiger partial charge in [0.15, 0.2) is 0 Å². The number of amides is 2. The molecule has 0 bridgehead atoms. The van der Waals surface area contributed by atoms with Gasteiger partial charge in [-0.2, -0.15) is 5.10 Å². The third-order valence-corrected chi connectivity index (χ3v) is 3.11. The molecule has 2 aromatic rings. The molecule has 0 saturated carbocycles. The molecule has 0 unspecified atom stereocenters. The topological polar surface area (TPSA) is 76.0 Å². The molecule has 2 amide bonds. The Balaban J connectivity index is 1.92. The zero-order valence-electron chi connectivity index (χ0n) is 11.0. The van der Waals surface area contributed by atoms with Crippen molar-refractivity contribution in [1.29, 1.82) is 0 Å². The van der Waals surface area contributed by atoms with E-state index in [0.717, 1.165) is 10.9 Å². The molecular formula is C13H15ClN4O2. The molecule has 0 fully saturated rings. The molecule has 20 heavy (non-hydrogen) atoms. The largest absolute Gasteiger partial charge is 0.358 e. The minimum absolute atomic E-state index is 0.00913. The number of carbonyl (C=O) groups excluding carboxylic acids is 2. The first-order valence-corrected chi connectivity index (χ1v) is 6.56. The number of nitrogens with one attached hydrogen (secondary N) is 2. The molecule has 0 aliphatic carbocycles. The molecule has 0 aliphatic rings. The smallest absolute Gasteiger partial charge is 0.239 e. The van der Waals surface area contributed by atoms with Crippen LogP contribution in [0.1, 0.15) is 6.42 Å². The van der Waals surface area contributed by atoms with Crippen LogP contribution in [0.3, 0.4) is 0 Å². The van der Waals surface area contributed by atoms with E-state index in [1.165, 1.54) is 7.05 Å². The van der Waals surface area contributed by atoms with Crippen LogP contribution in [0.5, 0.6) is 0 Å². The minimum Gasteiger partial charge on any atom is -0.358 e. The quantitative estimate of drug-likeness (QED) is 0.862. The Kier molecular flexibility index (Phi) is 4.57. The molecule has 1 heterocycles. The van der Waals surface area contributed by atoms with E-state index in [4.69, 9.17) is 11.6 Å². The fraction of sp³-hybridized carbons (Fsp3) is 0.308. The summed E-state index contributed by atoms with van der Waals surface area (Å²) in [6, 6.07) is 5.48. The number of benzene rings is 1. The molecule has 0 spiro atoms. The second-order valence-corrected chi connectivity index (χ2v) is 4.71. The van der Waals surface area contributed by atoms with Gasteiger partial charge >= 0.3 is 0 Å². The average molecular weight is 295 g/mol. The van der Waals surface area contributed by atoms with Crippen LogP contribution in [-0.2, 0) is 16.1 Å². The van der Waals surface area contributed by atoms with E-state index < -0.39 is 0 Å². The van der Waals surface area contributed by atoms with E-state index >= 15 is 0 Å². The van der Waals surface area contributed by atoms with Crippen molar-refractivity contribution in [2.24, 2.45) is 0 Å². The van der Waals surface area contributed by atoms with Crippen LogP contribution >= 0.6 is 11.6 Å². The summed E-state index contributed by atoms with van der Waals surface area (Å²) in [7, 11) is 1.52. The van der Waals surface area contributed by atoms with E-state index in [0.29, 0.717) is 11.6 Å². The summed E-state index contributed by atoms with van der Waals surface area (Å²) in [5, 5.41) is 10.8. The monoisotopic (exact) mass is 294 g/mol. The number of halogens is 1. The SMILES string of the molecule is CNC(=O)CNC(=O)CCn1ncc2cc(Cl)ccc21. The number of aryl methyl sites for hydroxylation is 1. The highest BCUT2D eigenvalue weighted by Gasteiger charge is 2.07. The van der Waals surface area contributed by atoms with E-state index in [9.17, 15) is 9.59 Å². The number of likely N-dealkylation sites (N-methyl/N-ethyl adjacent to an activating group) is 1. The molecule has 7 heteroatoms. The zero-order chi connectivity index (χ0) is 14.5. The molecule has 0 aliphatic heterocycles. The Hall–Kier alpha value is -2.08. The van der Waals surface area contributed by atoms with Crippen LogP contribution < -0.4 is 10.6 Å². The lowest BCUT2D eigenvalue weighted by Gasteiger charge is -2.05. The first kappa shape index (κ1) is 14.3. The van der Waals surface area contributed by atoms with E-state index in [1.807, 2.05) is 12.1 Å². The summed E-state index contributed by atoms with van der Waals surface area (Å²) < 4.78 is 1.74. The molecule has 0 atom stereocenters. The summed E-state index contributed by atoms with van der Waals surface area (Å²) in [4.78, 5) is 22.6. The lowest BCUT2D eigenvalue weighted by molar-refractivity contribution is -0.126. The van der Waals surface area contributed by atoms with Crippen LogP contribution in [0.2, 0.25) is 5.02 Å². The van der Waals surface area contributed by atoms with Gasteiger partial charge in [0, 0.05) is 23.9 Å². The Morgan fingerprint density at radius 1 is 1.35 bits per heavy atom. The lowest BCUT2D eigenvalue weighted by atomic mass is 10.2. The summed E-state index contributed by atoms with van der Waals surface area (Å²) in [5.41, 5.74) is 0.925. The van der Waals surface area contributed by atoms with E-state index in [2.05, 4.69) is 15.7 Å². The van der Waals surface area contributed by atoms with Gasteiger partial charge in [0.1, 0.15) is 0 Å². The van der Waals surface area contributed by atoms with Crippen LogP contribution in [0.25, 0.3) is 10.9 Å². The summed E-state index contributed by atoms with van der Waals surface area (Å²) in [6.07, 6.45) is 1.97. The second kappa shape index (κ2) is 6.38. The van der Waals surface area contributed by atoms with Gasteiger partial charge in [-0.1, -0.05) is 11.6 Å². The first-order chi connectivity index (χ1) is 9.60. The molecule has 2 N–H and O–H groups in total. The number of fused-ring (bicyclic) bond motifs is 1. The third kappa shape index (κ3) is 3.48. The second-order valence-electron chi connectivity index (χ2n) is 4.27. The van der Waals surface area contributed by atoms with Crippen molar-refractivity contribution in [3.8, 4) is 0 Å². The first-order valence-electron chi connectivity index (χ1n) is 6.18. The van der Waals surface area contributed by atoms with Crippen molar-refractivity contribution >= 4 is 34.3 Å². The standard InChI is InChI=1S/C13H15ClN4O2/c1-15-13(20)8-16-12(19)4-5-18-11-3-2-10(14)6-9(11)7-17-18/h2-3,6-7H,4-5,8H2,1H3,(H,15,20)(H,16,19). The molecular weight excluding hydrogens is 280 g/mol. The van der Waals surface area contributed by atoms with Crippen LogP contribution in [0, 0.1) is 0 Å². The lowest BCUT2D eigenvalue weighted by Crippen LogP contribution is -2.35. The molecule has 1 aromatic carbocycles. The van der Waals surface area contributed by atoms with Gasteiger partial charge in [-0.15, -0.1) is 0 Å². The maximum absolute atomic E-state index is 11.6. The normalized spacial score (nSPS) is 10.5. The predicted molar refractivity (Wildman–Crippen MR) is 76.4 cm³/mol. The van der Waals surface area contributed by atoms with Gasteiger partial charge in [-0.05, 0) is 18.2 Å². The maximum Gasteiger partial charge on any atom is 0.239 e. The minimum atomic E-state index is -0.225. The number of carbonyl (C=O) groups is 2. The fourth-order valence-corrected chi connectivity index (χ4v) is 1.98. The zero-order valence-corrected chi connectivity index (χ0v) is 11.8. The summed E-state index contributed by atoms with van der Waals surface area (Å²) in [5.74, 6) is -0.413. The molecule has 2 rings (SSSR count). The molecule has 0 radical (unpaired) electrons.